The lowest BCUT2D eigenvalue weighted by molar-refractivity contribution is 0.102. The number of aromatic nitrogens is 1. The molecule has 2 rings (SSSR count). The predicted molar refractivity (Wildman–Crippen MR) is 80.9 cm³/mol. The van der Waals surface area contributed by atoms with Crippen molar-refractivity contribution in [1.29, 1.82) is 0 Å². The number of hydrogen-bond acceptors (Lipinski definition) is 5. The van der Waals surface area contributed by atoms with Crippen LogP contribution in [-0.2, 0) is 9.84 Å². The zero-order valence-electron chi connectivity index (χ0n) is 11.6. The summed E-state index contributed by atoms with van der Waals surface area (Å²) in [5, 5.41) is 2.66. The Balaban J connectivity index is 2.21. The maximum Gasteiger partial charge on any atom is 0.256 e. The van der Waals surface area contributed by atoms with E-state index in [0.29, 0.717) is 17.1 Å². The normalized spacial score (nSPS) is 11.1. The number of sulfone groups is 1. The van der Waals surface area contributed by atoms with Crippen molar-refractivity contribution >= 4 is 27.2 Å². The molecule has 1 heterocycles. The molecule has 0 spiro atoms. The molecule has 0 saturated carbocycles. The largest absolute Gasteiger partial charge is 0.397 e. The van der Waals surface area contributed by atoms with Gasteiger partial charge in [0.2, 0.25) is 0 Å². The average molecular weight is 305 g/mol. The van der Waals surface area contributed by atoms with E-state index in [4.69, 9.17) is 5.73 Å². The number of benzene rings is 1. The lowest BCUT2D eigenvalue weighted by Crippen LogP contribution is -2.14. The topological polar surface area (TPSA) is 102 Å². The third-order valence-electron chi connectivity index (χ3n) is 2.88. The van der Waals surface area contributed by atoms with Crippen LogP contribution in [-0.4, -0.2) is 25.6 Å². The zero-order chi connectivity index (χ0) is 15.6. The maximum absolute atomic E-state index is 12.1. The molecule has 0 aliphatic carbocycles. The van der Waals surface area contributed by atoms with Gasteiger partial charge in [-0.25, -0.2) is 13.4 Å². The van der Waals surface area contributed by atoms with Crippen LogP contribution in [0.4, 0.5) is 11.5 Å². The molecule has 0 fully saturated rings. The Bertz CT molecular complexity index is 784. The molecular formula is C14H15N3O3S. The van der Waals surface area contributed by atoms with Gasteiger partial charge in [0, 0.05) is 11.8 Å². The van der Waals surface area contributed by atoms with Crippen LogP contribution in [0.1, 0.15) is 15.9 Å². The first kappa shape index (κ1) is 15.0. The summed E-state index contributed by atoms with van der Waals surface area (Å²) in [4.78, 5) is 16.3. The summed E-state index contributed by atoms with van der Waals surface area (Å²) in [7, 11) is -3.27. The van der Waals surface area contributed by atoms with Crippen LogP contribution in [0.15, 0.2) is 41.4 Å². The van der Waals surface area contributed by atoms with Crippen LogP contribution in [0.3, 0.4) is 0 Å². The van der Waals surface area contributed by atoms with Crippen molar-refractivity contribution in [3.63, 3.8) is 0 Å². The first-order chi connectivity index (χ1) is 9.77. The second-order valence-electron chi connectivity index (χ2n) is 4.68. The van der Waals surface area contributed by atoms with Gasteiger partial charge in [0.05, 0.1) is 16.8 Å². The number of aryl methyl sites for hydroxylation is 1. The highest BCUT2D eigenvalue weighted by Gasteiger charge is 2.11. The molecule has 0 unspecified atom stereocenters. The van der Waals surface area contributed by atoms with Crippen LogP contribution in [0.5, 0.6) is 0 Å². The summed E-state index contributed by atoms with van der Waals surface area (Å²) >= 11 is 0. The van der Waals surface area contributed by atoms with Crippen LogP contribution in [0.2, 0.25) is 0 Å². The molecule has 1 aromatic carbocycles. The summed E-state index contributed by atoms with van der Waals surface area (Å²) in [5.74, 6) is 0.0526. The molecule has 1 aromatic heterocycles. The number of hydrogen-bond donors (Lipinski definition) is 2. The van der Waals surface area contributed by atoms with E-state index >= 15 is 0 Å². The van der Waals surface area contributed by atoms with Gasteiger partial charge in [-0.3, -0.25) is 4.79 Å². The Hall–Kier alpha value is -2.41. The Labute approximate surface area is 122 Å². The van der Waals surface area contributed by atoms with Crippen molar-refractivity contribution in [3.05, 3.63) is 47.7 Å². The van der Waals surface area contributed by atoms with Crippen molar-refractivity contribution in [2.45, 2.75) is 11.8 Å². The lowest BCUT2D eigenvalue weighted by atomic mass is 10.2. The number of nitrogens with one attached hydrogen (secondary N) is 1. The quantitative estimate of drug-likeness (QED) is 0.897. The summed E-state index contributed by atoms with van der Waals surface area (Å²) in [6.07, 6.45) is 2.57. The number of nitrogens with two attached hydrogens (primary N) is 1. The van der Waals surface area contributed by atoms with Crippen LogP contribution < -0.4 is 11.1 Å². The fraction of sp³-hybridized carbons (Fsp3) is 0.143. The third-order valence-corrected chi connectivity index (χ3v) is 4.00. The fourth-order valence-electron chi connectivity index (χ4n) is 1.76. The number of pyridine rings is 1. The van der Waals surface area contributed by atoms with E-state index in [0.717, 1.165) is 11.8 Å². The Morgan fingerprint density at radius 1 is 1.24 bits per heavy atom. The van der Waals surface area contributed by atoms with Crippen LogP contribution >= 0.6 is 0 Å². The van der Waals surface area contributed by atoms with E-state index in [9.17, 15) is 13.2 Å². The number of carbonyl (C=O) groups excluding carboxylic acids is 1. The Morgan fingerprint density at radius 2 is 1.86 bits per heavy atom. The molecule has 2 aromatic rings. The van der Waals surface area contributed by atoms with Crippen molar-refractivity contribution in [2.75, 3.05) is 17.3 Å². The molecule has 7 heteroatoms. The number of rotatable bonds is 3. The molecule has 0 aliphatic rings. The van der Waals surface area contributed by atoms with Gasteiger partial charge in [0.15, 0.2) is 9.84 Å². The second kappa shape index (κ2) is 5.53. The smallest absolute Gasteiger partial charge is 0.256 e. The van der Waals surface area contributed by atoms with E-state index in [1.807, 2.05) is 0 Å². The number of nitrogen functional groups attached to an aromatic ring is 1. The van der Waals surface area contributed by atoms with Crippen molar-refractivity contribution < 1.29 is 13.2 Å². The van der Waals surface area contributed by atoms with E-state index < -0.39 is 9.84 Å². The van der Waals surface area contributed by atoms with Gasteiger partial charge in [-0.05, 0) is 42.8 Å². The lowest BCUT2D eigenvalue weighted by Gasteiger charge is -2.08. The molecular weight excluding hydrogens is 290 g/mol. The van der Waals surface area contributed by atoms with Gasteiger partial charge >= 0.3 is 0 Å². The van der Waals surface area contributed by atoms with E-state index in [1.54, 1.807) is 13.0 Å². The Kier molecular flexibility index (Phi) is 3.95. The predicted octanol–water partition coefficient (Wildman–Crippen LogP) is 1.63. The van der Waals surface area contributed by atoms with Gasteiger partial charge in [-0.15, -0.1) is 0 Å². The van der Waals surface area contributed by atoms with Gasteiger partial charge in [-0.1, -0.05) is 0 Å². The first-order valence-corrected chi connectivity index (χ1v) is 8.00. The van der Waals surface area contributed by atoms with E-state index in [-0.39, 0.29) is 10.8 Å². The molecule has 0 bridgehead atoms. The average Bonchev–Trinajstić information content (AvgIpc) is 2.41. The monoisotopic (exact) mass is 305 g/mol. The molecule has 0 saturated heterocycles. The second-order valence-corrected chi connectivity index (χ2v) is 6.70. The summed E-state index contributed by atoms with van der Waals surface area (Å²) < 4.78 is 22.7. The molecule has 1 amide bonds. The van der Waals surface area contributed by atoms with Crippen molar-refractivity contribution in [2.24, 2.45) is 0 Å². The molecule has 110 valence electrons. The van der Waals surface area contributed by atoms with Gasteiger partial charge < -0.3 is 11.1 Å². The molecule has 0 atom stereocenters. The van der Waals surface area contributed by atoms with Gasteiger partial charge in [0.1, 0.15) is 5.82 Å². The van der Waals surface area contributed by atoms with E-state index in [2.05, 4.69) is 10.3 Å². The fourth-order valence-corrected chi connectivity index (χ4v) is 2.39. The van der Waals surface area contributed by atoms with Crippen LogP contribution in [0.25, 0.3) is 0 Å². The van der Waals surface area contributed by atoms with Crippen LogP contribution in [0, 0.1) is 6.92 Å². The van der Waals surface area contributed by atoms with Gasteiger partial charge in [-0.2, -0.15) is 0 Å². The van der Waals surface area contributed by atoms with Crippen molar-refractivity contribution in [3.8, 4) is 0 Å². The number of nitrogens with zero attached hydrogens (tertiary/aromatic N) is 1. The maximum atomic E-state index is 12.1. The minimum Gasteiger partial charge on any atom is -0.397 e. The summed E-state index contributed by atoms with van der Waals surface area (Å²) in [5.41, 5.74) is 7.21. The standard InChI is InChI=1S/C14H15N3O3S/c1-9-7-11(15)8-16-13(9)17-14(18)10-3-5-12(6-4-10)21(2,19)20/h3-8H,15H2,1-2H3,(H,16,17,18). The number of amides is 1. The minimum absolute atomic E-state index is 0.167. The summed E-state index contributed by atoms with van der Waals surface area (Å²) in [6.45, 7) is 1.78. The molecule has 3 N–H and O–H groups in total. The van der Waals surface area contributed by atoms with Gasteiger partial charge in [0.25, 0.3) is 5.91 Å². The zero-order valence-corrected chi connectivity index (χ0v) is 12.4. The minimum atomic E-state index is -3.27. The number of anilines is 2. The van der Waals surface area contributed by atoms with E-state index in [1.165, 1.54) is 30.5 Å². The SMILES string of the molecule is Cc1cc(N)cnc1NC(=O)c1ccc(S(C)(=O)=O)cc1. The molecule has 6 nitrogen and oxygen atoms in total. The summed E-state index contributed by atoms with van der Waals surface area (Å²) in [6, 6.07) is 7.41. The molecule has 0 aliphatic heterocycles. The highest BCUT2D eigenvalue weighted by Crippen LogP contribution is 2.16. The van der Waals surface area contributed by atoms with Crippen molar-refractivity contribution in [1.82, 2.24) is 4.98 Å². The highest BCUT2D eigenvalue weighted by molar-refractivity contribution is 7.90. The first-order valence-electron chi connectivity index (χ1n) is 6.11. The molecule has 0 radical (unpaired) electrons. The third kappa shape index (κ3) is 3.57. The molecule has 21 heavy (non-hydrogen) atoms. The number of carbonyl (C=O) groups is 1. The highest BCUT2D eigenvalue weighted by atomic mass is 32.2. The Morgan fingerprint density at radius 3 is 2.38 bits per heavy atom.